The molecule has 0 aliphatic carbocycles. The summed E-state index contributed by atoms with van der Waals surface area (Å²) in [6, 6.07) is 12.0. The Labute approximate surface area is 88.3 Å². The second-order valence-corrected chi connectivity index (χ2v) is 2.19. The Kier molecular flexibility index (Phi) is 18.4. The number of hydrogen-bond donors (Lipinski definition) is 2. The SMILES string of the molecule is CC(=O)O.CC(=O)O.O.c1ccccc1. The van der Waals surface area contributed by atoms with Crippen molar-refractivity contribution in [1.29, 1.82) is 0 Å². The lowest BCUT2D eigenvalue weighted by Crippen LogP contribution is -1.78. The second-order valence-electron chi connectivity index (χ2n) is 2.19. The summed E-state index contributed by atoms with van der Waals surface area (Å²) >= 11 is 0. The van der Waals surface area contributed by atoms with Crippen LogP contribution >= 0.6 is 0 Å². The van der Waals surface area contributed by atoms with E-state index in [1.807, 2.05) is 36.4 Å². The Morgan fingerprint density at radius 2 is 0.800 bits per heavy atom. The van der Waals surface area contributed by atoms with Crippen molar-refractivity contribution in [1.82, 2.24) is 0 Å². The minimum absolute atomic E-state index is 0. The molecule has 0 bridgehead atoms. The van der Waals surface area contributed by atoms with Crippen molar-refractivity contribution in [2.45, 2.75) is 13.8 Å². The van der Waals surface area contributed by atoms with Gasteiger partial charge in [-0.1, -0.05) is 36.4 Å². The molecule has 1 aromatic carbocycles. The number of carbonyl (C=O) groups is 2. The van der Waals surface area contributed by atoms with Gasteiger partial charge < -0.3 is 15.7 Å². The molecule has 0 unspecified atom stereocenters. The van der Waals surface area contributed by atoms with E-state index in [1.54, 1.807) is 0 Å². The van der Waals surface area contributed by atoms with Gasteiger partial charge in [0, 0.05) is 13.8 Å². The molecule has 0 saturated carbocycles. The molecule has 5 heteroatoms. The highest BCUT2D eigenvalue weighted by Gasteiger charge is 1.65. The number of aliphatic carboxylic acids is 2. The summed E-state index contributed by atoms with van der Waals surface area (Å²) < 4.78 is 0. The van der Waals surface area contributed by atoms with E-state index in [2.05, 4.69) is 0 Å². The van der Waals surface area contributed by atoms with E-state index in [4.69, 9.17) is 19.8 Å². The molecule has 0 aliphatic rings. The zero-order valence-electron chi connectivity index (χ0n) is 8.68. The van der Waals surface area contributed by atoms with Gasteiger partial charge in [0.1, 0.15) is 0 Å². The van der Waals surface area contributed by atoms with E-state index in [9.17, 15) is 0 Å². The van der Waals surface area contributed by atoms with Crippen LogP contribution in [-0.4, -0.2) is 27.6 Å². The van der Waals surface area contributed by atoms with Crippen molar-refractivity contribution < 1.29 is 25.3 Å². The summed E-state index contributed by atoms with van der Waals surface area (Å²) in [6.07, 6.45) is 0. The van der Waals surface area contributed by atoms with Crippen LogP contribution in [0.25, 0.3) is 0 Å². The maximum absolute atomic E-state index is 9.00. The Hall–Kier alpha value is -1.88. The normalized spacial score (nSPS) is 6.53. The maximum atomic E-state index is 9.00. The van der Waals surface area contributed by atoms with Crippen molar-refractivity contribution in [2.75, 3.05) is 0 Å². The molecule has 0 spiro atoms. The maximum Gasteiger partial charge on any atom is 0.300 e. The molecule has 0 aromatic heterocycles. The first-order chi connectivity index (χ1) is 6.46. The molecule has 0 amide bonds. The minimum atomic E-state index is -0.833. The van der Waals surface area contributed by atoms with Gasteiger partial charge in [-0.05, 0) is 0 Å². The standard InChI is InChI=1S/C6H6.2C2H4O2.H2O/c1-2-4-6-5-3-1;2*1-2(3)4;/h1-6H;2*1H3,(H,3,4);1H2. The third kappa shape index (κ3) is 73.1. The van der Waals surface area contributed by atoms with Gasteiger partial charge in [0.05, 0.1) is 0 Å². The van der Waals surface area contributed by atoms with Crippen molar-refractivity contribution in [3.8, 4) is 0 Å². The van der Waals surface area contributed by atoms with E-state index < -0.39 is 11.9 Å². The quantitative estimate of drug-likeness (QED) is 0.675. The molecule has 15 heavy (non-hydrogen) atoms. The zero-order chi connectivity index (χ0) is 11.4. The van der Waals surface area contributed by atoms with Crippen LogP contribution in [0.15, 0.2) is 36.4 Å². The summed E-state index contributed by atoms with van der Waals surface area (Å²) in [5.41, 5.74) is 0. The van der Waals surface area contributed by atoms with Crippen molar-refractivity contribution >= 4 is 11.9 Å². The predicted molar refractivity (Wildman–Crippen MR) is 56.7 cm³/mol. The van der Waals surface area contributed by atoms with Crippen LogP contribution in [0.5, 0.6) is 0 Å². The molecule has 0 fully saturated rings. The molecule has 4 N–H and O–H groups in total. The van der Waals surface area contributed by atoms with Crippen molar-refractivity contribution in [3.05, 3.63) is 36.4 Å². The van der Waals surface area contributed by atoms with Crippen LogP contribution in [0.3, 0.4) is 0 Å². The van der Waals surface area contributed by atoms with Gasteiger partial charge >= 0.3 is 0 Å². The summed E-state index contributed by atoms with van der Waals surface area (Å²) in [7, 11) is 0. The van der Waals surface area contributed by atoms with Gasteiger partial charge in [-0.15, -0.1) is 0 Å². The van der Waals surface area contributed by atoms with Gasteiger partial charge in [0.15, 0.2) is 0 Å². The zero-order valence-corrected chi connectivity index (χ0v) is 8.68. The molecule has 1 rings (SSSR count). The minimum Gasteiger partial charge on any atom is -0.481 e. The van der Waals surface area contributed by atoms with Crippen molar-refractivity contribution in [3.63, 3.8) is 0 Å². The first-order valence-electron chi connectivity index (χ1n) is 3.86. The van der Waals surface area contributed by atoms with Crippen molar-refractivity contribution in [2.24, 2.45) is 0 Å². The van der Waals surface area contributed by atoms with Crippen LogP contribution < -0.4 is 0 Å². The van der Waals surface area contributed by atoms with Crippen LogP contribution in [-0.2, 0) is 9.59 Å². The van der Waals surface area contributed by atoms with Crippen LogP contribution in [0, 0.1) is 0 Å². The highest BCUT2D eigenvalue weighted by Crippen LogP contribution is 1.79. The number of carboxylic acids is 2. The van der Waals surface area contributed by atoms with Crippen LogP contribution in [0.4, 0.5) is 0 Å². The second kappa shape index (κ2) is 14.6. The monoisotopic (exact) mass is 216 g/mol. The fourth-order valence-electron chi connectivity index (χ4n) is 0.385. The Bertz CT molecular complexity index is 199. The van der Waals surface area contributed by atoms with Gasteiger partial charge in [-0.3, -0.25) is 9.59 Å². The molecule has 0 radical (unpaired) electrons. The summed E-state index contributed by atoms with van der Waals surface area (Å²) in [5, 5.41) is 14.8. The number of rotatable bonds is 0. The number of hydrogen-bond acceptors (Lipinski definition) is 2. The molecular formula is C10H16O5. The molecular weight excluding hydrogens is 200 g/mol. The summed E-state index contributed by atoms with van der Waals surface area (Å²) in [6.45, 7) is 2.17. The van der Waals surface area contributed by atoms with Gasteiger partial charge in [-0.2, -0.15) is 0 Å². The summed E-state index contributed by atoms with van der Waals surface area (Å²) in [5.74, 6) is -1.67. The highest BCUT2D eigenvalue weighted by molar-refractivity contribution is 5.63. The fourth-order valence-corrected chi connectivity index (χ4v) is 0.385. The first-order valence-corrected chi connectivity index (χ1v) is 3.86. The number of carboxylic acid groups (broad SMARTS) is 2. The molecule has 0 heterocycles. The van der Waals surface area contributed by atoms with Gasteiger partial charge in [0.2, 0.25) is 0 Å². The lowest BCUT2D eigenvalue weighted by molar-refractivity contribution is -0.135. The van der Waals surface area contributed by atoms with Crippen LogP contribution in [0.1, 0.15) is 13.8 Å². The Balaban J connectivity index is -0.000000145. The van der Waals surface area contributed by atoms with Gasteiger partial charge in [0.25, 0.3) is 11.9 Å². The average Bonchev–Trinajstić information content (AvgIpc) is 2.05. The molecule has 5 nitrogen and oxygen atoms in total. The van der Waals surface area contributed by atoms with E-state index >= 15 is 0 Å². The van der Waals surface area contributed by atoms with E-state index in [0.717, 1.165) is 13.8 Å². The molecule has 0 atom stereocenters. The lowest BCUT2D eigenvalue weighted by Gasteiger charge is -1.69. The molecule has 0 saturated heterocycles. The summed E-state index contributed by atoms with van der Waals surface area (Å²) in [4.78, 5) is 18.0. The third-order valence-electron chi connectivity index (χ3n) is 0.667. The Morgan fingerprint density at radius 3 is 0.867 bits per heavy atom. The lowest BCUT2D eigenvalue weighted by atomic mass is 10.4. The van der Waals surface area contributed by atoms with E-state index in [1.165, 1.54) is 0 Å². The van der Waals surface area contributed by atoms with Crippen LogP contribution in [0.2, 0.25) is 0 Å². The third-order valence-corrected chi connectivity index (χ3v) is 0.667. The molecule has 0 aliphatic heterocycles. The smallest absolute Gasteiger partial charge is 0.300 e. The molecule has 1 aromatic rings. The Morgan fingerprint density at radius 1 is 0.733 bits per heavy atom. The topological polar surface area (TPSA) is 106 Å². The van der Waals surface area contributed by atoms with E-state index in [-0.39, 0.29) is 5.48 Å². The van der Waals surface area contributed by atoms with E-state index in [0.29, 0.717) is 0 Å². The largest absolute Gasteiger partial charge is 0.481 e. The fraction of sp³-hybridized carbons (Fsp3) is 0.200. The predicted octanol–water partition coefficient (Wildman–Crippen LogP) is 1.04. The van der Waals surface area contributed by atoms with Gasteiger partial charge in [-0.25, -0.2) is 0 Å². The highest BCUT2D eigenvalue weighted by atomic mass is 16.4. The average molecular weight is 216 g/mol. The first kappa shape index (κ1) is 18.8. The number of benzene rings is 1. The molecule has 86 valence electrons.